The lowest BCUT2D eigenvalue weighted by Crippen LogP contribution is -2.30. The molecule has 1 aliphatic rings. The van der Waals surface area contributed by atoms with Crippen LogP contribution in [-0.2, 0) is 11.2 Å². The minimum Gasteiger partial charge on any atom is -0.492 e. The third kappa shape index (κ3) is 6.14. The second-order valence-electron chi connectivity index (χ2n) is 9.13. The van der Waals surface area contributed by atoms with E-state index in [0.29, 0.717) is 26.5 Å². The first-order valence-corrected chi connectivity index (χ1v) is 13.3. The molecule has 0 aliphatic carbocycles. The van der Waals surface area contributed by atoms with E-state index in [2.05, 4.69) is 26.2 Å². The first kappa shape index (κ1) is 26.1. The predicted molar refractivity (Wildman–Crippen MR) is 145 cm³/mol. The molecule has 1 aliphatic heterocycles. The monoisotopic (exact) mass is 550 g/mol. The maximum absolute atomic E-state index is 12.0. The molecule has 13 heteroatoms. The van der Waals surface area contributed by atoms with Gasteiger partial charge in [0.1, 0.15) is 0 Å². The van der Waals surface area contributed by atoms with Gasteiger partial charge in [-0.05, 0) is 55.5 Å². The molecule has 3 heterocycles. The molecule has 2 N–H and O–H groups in total. The summed E-state index contributed by atoms with van der Waals surface area (Å²) in [5.41, 5.74) is 3.76. The number of aromatic nitrogens is 2. The van der Waals surface area contributed by atoms with Gasteiger partial charge in [0.2, 0.25) is 16.9 Å². The topological polar surface area (TPSA) is 156 Å². The van der Waals surface area contributed by atoms with Crippen LogP contribution in [0.2, 0.25) is 0 Å². The van der Waals surface area contributed by atoms with Gasteiger partial charge in [-0.2, -0.15) is 0 Å². The van der Waals surface area contributed by atoms with Gasteiger partial charge in [-0.25, -0.2) is 9.78 Å². The maximum atomic E-state index is 12.0. The highest BCUT2D eigenvalue weighted by Crippen LogP contribution is 2.34. The molecule has 0 radical (unpaired) electrons. The van der Waals surface area contributed by atoms with Crippen molar-refractivity contribution in [3.8, 4) is 11.8 Å². The fourth-order valence-corrected chi connectivity index (χ4v) is 5.33. The molecule has 2 aromatic heterocycles. The van der Waals surface area contributed by atoms with Crippen LogP contribution < -0.4 is 9.74 Å². The van der Waals surface area contributed by atoms with Crippen molar-refractivity contribution in [2.24, 2.45) is 10.2 Å². The van der Waals surface area contributed by atoms with Crippen molar-refractivity contribution in [1.82, 2.24) is 9.71 Å². The zero-order valence-corrected chi connectivity index (χ0v) is 21.7. The molecule has 39 heavy (non-hydrogen) atoms. The molecule has 0 fully saturated rings. The number of azo groups is 1. The lowest BCUT2D eigenvalue weighted by atomic mass is 10.0. The van der Waals surface area contributed by atoms with E-state index in [1.807, 2.05) is 12.1 Å². The van der Waals surface area contributed by atoms with Gasteiger partial charge >= 0.3 is 5.97 Å². The molecule has 0 saturated carbocycles. The van der Waals surface area contributed by atoms with Crippen LogP contribution in [0.3, 0.4) is 0 Å². The van der Waals surface area contributed by atoms with Gasteiger partial charge in [0.25, 0.3) is 5.69 Å². The molecule has 0 unspecified atom stereocenters. The van der Waals surface area contributed by atoms with Crippen LogP contribution in [0, 0.1) is 10.1 Å². The quantitative estimate of drug-likeness (QED) is 0.109. The number of non-ortho nitro benzene ring substituents is 1. The molecule has 0 amide bonds. The second kappa shape index (κ2) is 11.5. The summed E-state index contributed by atoms with van der Waals surface area (Å²) in [6.07, 6.45) is 4.55. The van der Waals surface area contributed by atoms with Crippen LogP contribution in [0.15, 0.2) is 58.8 Å². The summed E-state index contributed by atoms with van der Waals surface area (Å²) in [6, 6.07) is 13.0. The normalized spacial score (nSPS) is 13.2. The average Bonchev–Trinajstić information content (AvgIpc) is 3.48. The number of anilines is 1. The average molecular weight is 551 g/mol. The number of nitro benzene ring substituents is 1. The molecule has 0 saturated heterocycles. The van der Waals surface area contributed by atoms with Crippen molar-refractivity contribution >= 4 is 49.7 Å². The van der Waals surface area contributed by atoms with Crippen molar-refractivity contribution < 1.29 is 24.8 Å². The standard InChI is InChI=1S/C26H26N6O6S/c33-23-11-12-24(34)31(23)38-25(35)6-2-1-3-13-30-14-4-5-17-15-18(7-10-21(17)30)28-29-26-27-20-9-8-19(32(36)37)16-22(20)39-26/h7-12,15-16,33-34H,1-6,13-14H2. The summed E-state index contributed by atoms with van der Waals surface area (Å²) in [6.45, 7) is 1.82. The third-order valence-electron chi connectivity index (χ3n) is 6.40. The Balaban J connectivity index is 1.13. The third-order valence-corrected chi connectivity index (χ3v) is 7.30. The van der Waals surface area contributed by atoms with Crippen molar-refractivity contribution in [3.05, 3.63) is 64.2 Å². The Morgan fingerprint density at radius 1 is 1.08 bits per heavy atom. The number of hydrogen-bond donors (Lipinski definition) is 2. The van der Waals surface area contributed by atoms with Gasteiger partial charge < -0.3 is 20.0 Å². The van der Waals surface area contributed by atoms with Gasteiger partial charge in [-0.1, -0.05) is 17.8 Å². The van der Waals surface area contributed by atoms with Crippen LogP contribution >= 0.6 is 11.3 Å². The Bertz CT molecular complexity index is 1530. The summed E-state index contributed by atoms with van der Waals surface area (Å²) < 4.78 is 1.39. The number of aryl methyl sites for hydroxylation is 1. The zero-order valence-electron chi connectivity index (χ0n) is 20.9. The number of nitrogens with zero attached hydrogens (tertiary/aromatic N) is 6. The van der Waals surface area contributed by atoms with Crippen LogP contribution in [-0.4, -0.2) is 43.9 Å². The van der Waals surface area contributed by atoms with E-state index >= 15 is 0 Å². The maximum Gasteiger partial charge on any atom is 0.333 e. The van der Waals surface area contributed by atoms with E-state index in [-0.39, 0.29) is 23.9 Å². The molecule has 0 atom stereocenters. The molecule has 2 aromatic carbocycles. The van der Waals surface area contributed by atoms with Crippen molar-refractivity contribution in [3.63, 3.8) is 0 Å². The predicted octanol–water partition coefficient (Wildman–Crippen LogP) is 5.80. The van der Waals surface area contributed by atoms with E-state index in [4.69, 9.17) is 4.84 Å². The summed E-state index contributed by atoms with van der Waals surface area (Å²) in [7, 11) is 0. The summed E-state index contributed by atoms with van der Waals surface area (Å²) in [4.78, 5) is 34.2. The Labute approximate surface area is 226 Å². The summed E-state index contributed by atoms with van der Waals surface area (Å²) in [5, 5.41) is 39.1. The lowest BCUT2D eigenvalue weighted by Gasteiger charge is -2.31. The van der Waals surface area contributed by atoms with Crippen LogP contribution in [0.25, 0.3) is 10.2 Å². The summed E-state index contributed by atoms with van der Waals surface area (Å²) >= 11 is 1.26. The van der Waals surface area contributed by atoms with Crippen molar-refractivity contribution in [2.75, 3.05) is 18.0 Å². The van der Waals surface area contributed by atoms with Gasteiger partial charge in [0.05, 0.1) is 20.8 Å². The number of hydrogen-bond acceptors (Lipinski definition) is 11. The summed E-state index contributed by atoms with van der Waals surface area (Å²) in [5.74, 6) is -1.19. The lowest BCUT2D eigenvalue weighted by molar-refractivity contribution is -0.384. The number of rotatable bonds is 10. The minimum atomic E-state index is -0.519. The van der Waals surface area contributed by atoms with E-state index in [0.717, 1.165) is 44.5 Å². The zero-order chi connectivity index (χ0) is 27.4. The Morgan fingerprint density at radius 3 is 2.69 bits per heavy atom. The number of nitro groups is 1. The Kier molecular flexibility index (Phi) is 7.68. The van der Waals surface area contributed by atoms with Crippen LogP contribution in [0.1, 0.15) is 37.7 Å². The van der Waals surface area contributed by atoms with E-state index in [1.165, 1.54) is 46.9 Å². The number of thiazole rings is 1. The smallest absolute Gasteiger partial charge is 0.333 e. The number of unbranched alkanes of at least 4 members (excludes halogenated alkanes) is 2. The van der Waals surface area contributed by atoms with Crippen LogP contribution in [0.5, 0.6) is 11.8 Å². The van der Waals surface area contributed by atoms with E-state index in [9.17, 15) is 25.1 Å². The second-order valence-corrected chi connectivity index (χ2v) is 10.1. The fraction of sp³-hybridized carbons (Fsp3) is 0.308. The van der Waals surface area contributed by atoms with E-state index < -0.39 is 10.9 Å². The highest BCUT2D eigenvalue weighted by molar-refractivity contribution is 7.21. The molecule has 0 spiro atoms. The SMILES string of the molecule is O=C(CCCCCN1CCCc2cc(N=Nc3nc4ccc([N+](=O)[O-])cc4s3)ccc21)On1c(O)ccc1O. The fourth-order valence-electron chi connectivity index (χ4n) is 4.51. The molecular weight excluding hydrogens is 524 g/mol. The number of benzene rings is 2. The first-order chi connectivity index (χ1) is 18.9. The molecule has 202 valence electrons. The molecule has 4 aromatic rings. The van der Waals surface area contributed by atoms with Gasteiger partial charge in [0, 0.05) is 49.5 Å². The Morgan fingerprint density at radius 2 is 1.90 bits per heavy atom. The van der Waals surface area contributed by atoms with Crippen LogP contribution in [0.4, 0.5) is 22.2 Å². The van der Waals surface area contributed by atoms with E-state index in [1.54, 1.807) is 6.07 Å². The molecule has 12 nitrogen and oxygen atoms in total. The highest BCUT2D eigenvalue weighted by Gasteiger charge is 2.17. The number of aromatic hydroxyl groups is 2. The highest BCUT2D eigenvalue weighted by atomic mass is 32.1. The van der Waals surface area contributed by atoms with Gasteiger partial charge in [0.15, 0.2) is 0 Å². The number of carbonyl (C=O) groups is 1. The Hall–Kier alpha value is -4.52. The molecular formula is C26H26N6O6S. The molecule has 5 rings (SSSR count). The number of carbonyl (C=O) groups excluding carboxylic acids is 1. The van der Waals surface area contributed by atoms with Crippen molar-refractivity contribution in [1.29, 1.82) is 0 Å². The first-order valence-electron chi connectivity index (χ1n) is 12.5. The number of fused-ring (bicyclic) bond motifs is 2. The largest absolute Gasteiger partial charge is 0.492 e. The molecule has 0 bridgehead atoms. The van der Waals surface area contributed by atoms with Gasteiger partial charge in [-0.15, -0.1) is 15.0 Å². The van der Waals surface area contributed by atoms with Crippen molar-refractivity contribution in [2.45, 2.75) is 38.5 Å². The van der Waals surface area contributed by atoms with Gasteiger partial charge in [-0.3, -0.25) is 10.1 Å². The minimum absolute atomic E-state index is 0.0199.